The van der Waals surface area contributed by atoms with Crippen molar-refractivity contribution in [3.63, 3.8) is 0 Å². The topological polar surface area (TPSA) is 74.5 Å². The summed E-state index contributed by atoms with van der Waals surface area (Å²) in [6.07, 6.45) is 1.36. The van der Waals surface area contributed by atoms with Crippen LogP contribution in [-0.2, 0) is 21.6 Å². The molecule has 0 spiro atoms. The summed E-state index contributed by atoms with van der Waals surface area (Å²) in [4.78, 5) is 15.9. The molecule has 1 fully saturated rings. The van der Waals surface area contributed by atoms with Gasteiger partial charge in [0.1, 0.15) is 11.2 Å². The zero-order valence-corrected chi connectivity index (χ0v) is 11.0. The lowest BCUT2D eigenvalue weighted by Gasteiger charge is -2.05. The minimum absolute atomic E-state index is 0.199. The van der Waals surface area contributed by atoms with E-state index in [0.717, 1.165) is 5.75 Å². The van der Waals surface area contributed by atoms with Gasteiger partial charge in [-0.1, -0.05) is 23.4 Å². The third-order valence-electron chi connectivity index (χ3n) is 3.31. The van der Waals surface area contributed by atoms with Gasteiger partial charge in [-0.05, 0) is 25.0 Å². The lowest BCUT2D eigenvalue weighted by atomic mass is 10.1. The second kappa shape index (κ2) is 4.96. The summed E-state index contributed by atoms with van der Waals surface area (Å²) in [5.74, 6) is 1.14. The summed E-state index contributed by atoms with van der Waals surface area (Å²) in [5, 5.41) is 3.84. The predicted molar refractivity (Wildman–Crippen MR) is 68.0 cm³/mol. The van der Waals surface area contributed by atoms with Crippen LogP contribution in [0.4, 0.5) is 0 Å². The van der Waals surface area contributed by atoms with E-state index in [-0.39, 0.29) is 12.6 Å². The van der Waals surface area contributed by atoms with E-state index in [1.54, 1.807) is 0 Å². The van der Waals surface area contributed by atoms with Gasteiger partial charge in [-0.2, -0.15) is 4.98 Å². The van der Waals surface area contributed by atoms with Gasteiger partial charge in [-0.25, -0.2) is 0 Å². The number of carbonyl (C=O) groups excluding carboxylic acids is 1. The van der Waals surface area contributed by atoms with Crippen LogP contribution < -0.4 is 4.74 Å². The Bertz CT molecular complexity index is 605. The first-order chi connectivity index (χ1) is 9.74. The van der Waals surface area contributed by atoms with Crippen molar-refractivity contribution in [2.45, 2.75) is 24.9 Å². The summed E-state index contributed by atoms with van der Waals surface area (Å²) >= 11 is 0. The summed E-state index contributed by atoms with van der Waals surface area (Å²) < 4.78 is 15.5. The van der Waals surface area contributed by atoms with E-state index in [9.17, 15) is 4.79 Å². The van der Waals surface area contributed by atoms with Crippen LogP contribution in [0.25, 0.3) is 0 Å². The fourth-order valence-electron chi connectivity index (χ4n) is 2.00. The van der Waals surface area contributed by atoms with Crippen molar-refractivity contribution in [3.8, 4) is 5.75 Å². The summed E-state index contributed by atoms with van der Waals surface area (Å²) in [5.41, 5.74) is -0.729. The van der Waals surface area contributed by atoms with Crippen molar-refractivity contribution in [2.75, 3.05) is 7.11 Å². The van der Waals surface area contributed by atoms with Crippen LogP contribution in [0.2, 0.25) is 0 Å². The predicted octanol–water partition coefficient (Wildman–Crippen LogP) is 1.85. The number of ether oxygens (including phenoxy) is 2. The van der Waals surface area contributed by atoms with Gasteiger partial charge in [0.25, 0.3) is 0 Å². The van der Waals surface area contributed by atoms with E-state index in [0.29, 0.717) is 24.6 Å². The molecule has 2 aromatic rings. The van der Waals surface area contributed by atoms with Gasteiger partial charge in [-0.15, -0.1) is 0 Å². The highest BCUT2D eigenvalue weighted by Gasteiger charge is 2.57. The standard InChI is InChI=1S/C14H14N2O4/c1-18-13(17)14(7-8-14)12-15-11(16-20-12)9-19-10-5-3-2-4-6-10/h2-6H,7-9H2,1H3. The minimum atomic E-state index is -0.729. The number of hydrogen-bond donors (Lipinski definition) is 0. The molecule has 0 bridgehead atoms. The van der Waals surface area contributed by atoms with Crippen LogP contribution in [0.15, 0.2) is 34.9 Å². The molecule has 1 heterocycles. The van der Waals surface area contributed by atoms with Gasteiger partial charge in [-0.3, -0.25) is 4.79 Å². The molecule has 0 atom stereocenters. The van der Waals surface area contributed by atoms with Gasteiger partial charge < -0.3 is 14.0 Å². The average molecular weight is 274 g/mol. The number of rotatable bonds is 5. The lowest BCUT2D eigenvalue weighted by Crippen LogP contribution is -2.22. The number of hydrogen-bond acceptors (Lipinski definition) is 6. The number of esters is 1. The number of methoxy groups -OCH3 is 1. The van der Waals surface area contributed by atoms with Crippen LogP contribution in [-0.4, -0.2) is 23.2 Å². The first kappa shape index (κ1) is 12.7. The quantitative estimate of drug-likeness (QED) is 0.775. The molecule has 104 valence electrons. The zero-order chi connectivity index (χ0) is 14.0. The van der Waals surface area contributed by atoms with Gasteiger partial charge in [0.2, 0.25) is 11.7 Å². The van der Waals surface area contributed by atoms with E-state index in [4.69, 9.17) is 14.0 Å². The molecule has 1 aromatic carbocycles. The molecule has 1 saturated carbocycles. The van der Waals surface area contributed by atoms with Crippen molar-refractivity contribution < 1.29 is 18.8 Å². The Hall–Kier alpha value is -2.37. The van der Waals surface area contributed by atoms with E-state index in [1.165, 1.54) is 7.11 Å². The van der Waals surface area contributed by atoms with Crippen molar-refractivity contribution in [1.29, 1.82) is 0 Å². The average Bonchev–Trinajstić information content (AvgIpc) is 3.17. The Morgan fingerprint density at radius 2 is 2.10 bits per heavy atom. The molecule has 0 N–H and O–H groups in total. The first-order valence-corrected chi connectivity index (χ1v) is 6.34. The number of carbonyl (C=O) groups is 1. The molecule has 0 radical (unpaired) electrons. The Balaban J connectivity index is 1.67. The molecule has 20 heavy (non-hydrogen) atoms. The maximum atomic E-state index is 11.7. The highest BCUT2D eigenvalue weighted by Crippen LogP contribution is 2.48. The van der Waals surface area contributed by atoms with Crippen LogP contribution in [0.3, 0.4) is 0 Å². The number of para-hydroxylation sites is 1. The summed E-state index contributed by atoms with van der Waals surface area (Å²) in [6.45, 7) is 0.199. The lowest BCUT2D eigenvalue weighted by molar-refractivity contribution is -0.144. The third-order valence-corrected chi connectivity index (χ3v) is 3.31. The molecule has 0 unspecified atom stereocenters. The number of nitrogens with zero attached hydrogens (tertiary/aromatic N) is 2. The molecule has 0 aliphatic heterocycles. The highest BCUT2D eigenvalue weighted by molar-refractivity contribution is 5.85. The normalized spacial score (nSPS) is 15.7. The molecule has 6 nitrogen and oxygen atoms in total. The van der Waals surface area contributed by atoms with Crippen molar-refractivity contribution in [2.24, 2.45) is 0 Å². The summed E-state index contributed by atoms with van der Waals surface area (Å²) in [6, 6.07) is 9.36. The van der Waals surface area contributed by atoms with Crippen molar-refractivity contribution in [1.82, 2.24) is 10.1 Å². The van der Waals surface area contributed by atoms with Gasteiger partial charge in [0.05, 0.1) is 7.11 Å². The smallest absolute Gasteiger partial charge is 0.321 e. The Morgan fingerprint density at radius 3 is 2.75 bits per heavy atom. The monoisotopic (exact) mass is 274 g/mol. The molecule has 1 aliphatic rings. The Morgan fingerprint density at radius 1 is 1.35 bits per heavy atom. The van der Waals surface area contributed by atoms with Crippen LogP contribution >= 0.6 is 0 Å². The van der Waals surface area contributed by atoms with Crippen LogP contribution in [0, 0.1) is 0 Å². The fourth-order valence-corrected chi connectivity index (χ4v) is 2.00. The Kier molecular flexibility index (Phi) is 3.14. The van der Waals surface area contributed by atoms with Crippen LogP contribution in [0.5, 0.6) is 5.75 Å². The van der Waals surface area contributed by atoms with Gasteiger partial charge in [0.15, 0.2) is 6.61 Å². The Labute approximate surface area is 115 Å². The largest absolute Gasteiger partial charge is 0.485 e. The van der Waals surface area contributed by atoms with Gasteiger partial charge >= 0.3 is 5.97 Å². The van der Waals surface area contributed by atoms with Gasteiger partial charge in [0, 0.05) is 0 Å². The molecular formula is C14H14N2O4. The molecule has 0 saturated heterocycles. The highest BCUT2D eigenvalue weighted by atomic mass is 16.5. The molecule has 1 aromatic heterocycles. The molecule has 6 heteroatoms. The maximum Gasteiger partial charge on any atom is 0.321 e. The van der Waals surface area contributed by atoms with Crippen molar-refractivity contribution >= 4 is 5.97 Å². The van der Waals surface area contributed by atoms with E-state index < -0.39 is 5.41 Å². The maximum absolute atomic E-state index is 11.7. The molecule has 0 amide bonds. The van der Waals surface area contributed by atoms with Crippen molar-refractivity contribution in [3.05, 3.63) is 42.0 Å². The second-order valence-corrected chi connectivity index (χ2v) is 4.69. The van der Waals surface area contributed by atoms with E-state index in [2.05, 4.69) is 10.1 Å². The van der Waals surface area contributed by atoms with E-state index >= 15 is 0 Å². The van der Waals surface area contributed by atoms with E-state index in [1.807, 2.05) is 30.3 Å². The molecular weight excluding hydrogens is 260 g/mol. The van der Waals surface area contributed by atoms with Crippen LogP contribution in [0.1, 0.15) is 24.6 Å². The molecule has 1 aliphatic carbocycles. The number of benzene rings is 1. The number of aromatic nitrogens is 2. The SMILES string of the molecule is COC(=O)C1(c2nc(COc3ccccc3)no2)CC1. The fraction of sp³-hybridized carbons (Fsp3) is 0.357. The summed E-state index contributed by atoms with van der Waals surface area (Å²) in [7, 11) is 1.36. The zero-order valence-electron chi connectivity index (χ0n) is 11.0. The second-order valence-electron chi connectivity index (χ2n) is 4.69. The third kappa shape index (κ3) is 2.24. The first-order valence-electron chi connectivity index (χ1n) is 6.34. The minimum Gasteiger partial charge on any atom is -0.485 e. The molecule has 3 rings (SSSR count).